The number of nitrogens with one attached hydrogen (secondary N) is 1. The first-order valence-corrected chi connectivity index (χ1v) is 4.78. The maximum Gasteiger partial charge on any atom is 0.309 e. The molecule has 0 radical (unpaired) electrons. The van der Waals surface area contributed by atoms with E-state index in [1.807, 2.05) is 0 Å². The molecule has 2 rings (SSSR count). The molecule has 17 heavy (non-hydrogen) atoms. The summed E-state index contributed by atoms with van der Waals surface area (Å²) in [5.41, 5.74) is 0.507. The van der Waals surface area contributed by atoms with Crippen LogP contribution in [0, 0.1) is 11.6 Å². The summed E-state index contributed by atoms with van der Waals surface area (Å²) in [7, 11) is 0. The van der Waals surface area contributed by atoms with Gasteiger partial charge in [0.2, 0.25) is 0 Å². The van der Waals surface area contributed by atoms with Gasteiger partial charge < -0.3 is 5.11 Å². The molecule has 0 aliphatic rings. The molecule has 0 saturated carbocycles. The lowest BCUT2D eigenvalue weighted by atomic mass is 10.1. The fraction of sp³-hybridized carbons (Fsp3) is 0.0909. The Morgan fingerprint density at radius 1 is 1.35 bits per heavy atom. The molecular weight excluding hydrogens is 230 g/mol. The second-order valence-corrected chi connectivity index (χ2v) is 3.47. The standard InChI is InChI=1S/C11H8F2N2O2/c12-6-1-2-9(13)8(3-6)10-4-7(14-15-10)5-11(16)17/h1-4H,5H2,(H,14,15)(H,16,17). The van der Waals surface area contributed by atoms with E-state index in [2.05, 4.69) is 10.2 Å². The number of nitrogens with zero attached hydrogens (tertiary/aromatic N) is 1. The molecule has 0 saturated heterocycles. The Morgan fingerprint density at radius 3 is 2.82 bits per heavy atom. The molecule has 0 aliphatic heterocycles. The van der Waals surface area contributed by atoms with Gasteiger partial charge in [0.1, 0.15) is 11.6 Å². The zero-order valence-electron chi connectivity index (χ0n) is 8.58. The molecule has 6 heteroatoms. The highest BCUT2D eigenvalue weighted by Crippen LogP contribution is 2.22. The minimum atomic E-state index is -1.03. The molecule has 0 aliphatic carbocycles. The first-order chi connectivity index (χ1) is 8.06. The van der Waals surface area contributed by atoms with E-state index in [1.54, 1.807) is 0 Å². The lowest BCUT2D eigenvalue weighted by Crippen LogP contribution is -1.99. The largest absolute Gasteiger partial charge is 0.481 e. The Hall–Kier alpha value is -2.24. The van der Waals surface area contributed by atoms with Crippen molar-refractivity contribution in [3.05, 3.63) is 41.6 Å². The number of hydrogen-bond acceptors (Lipinski definition) is 2. The highest BCUT2D eigenvalue weighted by atomic mass is 19.1. The average molecular weight is 238 g/mol. The van der Waals surface area contributed by atoms with Crippen LogP contribution in [0.15, 0.2) is 24.3 Å². The highest BCUT2D eigenvalue weighted by Gasteiger charge is 2.11. The van der Waals surface area contributed by atoms with Crippen LogP contribution in [0.25, 0.3) is 11.3 Å². The topological polar surface area (TPSA) is 66.0 Å². The van der Waals surface area contributed by atoms with Gasteiger partial charge in [-0.15, -0.1) is 0 Å². The van der Waals surface area contributed by atoms with Crippen LogP contribution in [0.5, 0.6) is 0 Å². The second kappa shape index (κ2) is 4.32. The van der Waals surface area contributed by atoms with Crippen LogP contribution in [0.3, 0.4) is 0 Å². The molecule has 1 aromatic carbocycles. The minimum Gasteiger partial charge on any atom is -0.481 e. The molecule has 1 aromatic heterocycles. The number of rotatable bonds is 3. The minimum absolute atomic E-state index is 0.00195. The monoisotopic (exact) mass is 238 g/mol. The van der Waals surface area contributed by atoms with E-state index >= 15 is 0 Å². The lowest BCUT2D eigenvalue weighted by Gasteiger charge is -1.98. The maximum absolute atomic E-state index is 13.4. The van der Waals surface area contributed by atoms with E-state index in [0.717, 1.165) is 18.2 Å². The summed E-state index contributed by atoms with van der Waals surface area (Å²) >= 11 is 0. The number of hydrogen-bond donors (Lipinski definition) is 2. The van der Waals surface area contributed by atoms with Gasteiger partial charge in [-0.1, -0.05) is 0 Å². The molecule has 1 heterocycles. The number of carboxylic acids is 1. The van der Waals surface area contributed by atoms with E-state index in [4.69, 9.17) is 5.11 Å². The van der Waals surface area contributed by atoms with Gasteiger partial charge in [0.05, 0.1) is 12.1 Å². The van der Waals surface area contributed by atoms with Gasteiger partial charge in [-0.3, -0.25) is 9.89 Å². The smallest absolute Gasteiger partial charge is 0.309 e. The van der Waals surface area contributed by atoms with Crippen molar-refractivity contribution in [2.75, 3.05) is 0 Å². The van der Waals surface area contributed by atoms with Crippen molar-refractivity contribution in [3.63, 3.8) is 0 Å². The molecule has 0 bridgehead atoms. The summed E-state index contributed by atoms with van der Waals surface area (Å²) in [6.07, 6.45) is -0.246. The van der Waals surface area contributed by atoms with Crippen LogP contribution < -0.4 is 0 Å². The van der Waals surface area contributed by atoms with Crippen LogP contribution in [0.2, 0.25) is 0 Å². The first kappa shape index (κ1) is 11.3. The van der Waals surface area contributed by atoms with Crippen molar-refractivity contribution in [2.24, 2.45) is 0 Å². The summed E-state index contributed by atoms with van der Waals surface area (Å²) in [4.78, 5) is 10.5. The number of benzene rings is 1. The Balaban J connectivity index is 2.36. The van der Waals surface area contributed by atoms with Crippen molar-refractivity contribution in [1.82, 2.24) is 10.2 Å². The molecule has 2 aromatic rings. The zero-order chi connectivity index (χ0) is 12.4. The van der Waals surface area contributed by atoms with Crippen LogP contribution >= 0.6 is 0 Å². The number of aliphatic carboxylic acids is 1. The van der Waals surface area contributed by atoms with Gasteiger partial charge in [-0.05, 0) is 24.3 Å². The van der Waals surface area contributed by atoms with Crippen LogP contribution in [0.1, 0.15) is 5.69 Å². The van der Waals surface area contributed by atoms with Gasteiger partial charge in [0.15, 0.2) is 0 Å². The van der Waals surface area contributed by atoms with Gasteiger partial charge in [0, 0.05) is 11.3 Å². The molecule has 0 spiro atoms. The van der Waals surface area contributed by atoms with E-state index in [9.17, 15) is 13.6 Å². The maximum atomic E-state index is 13.4. The summed E-state index contributed by atoms with van der Waals surface area (Å²) < 4.78 is 26.3. The Kier molecular flexibility index (Phi) is 2.86. The summed E-state index contributed by atoms with van der Waals surface area (Å²) in [6.45, 7) is 0. The number of carbonyl (C=O) groups is 1. The van der Waals surface area contributed by atoms with E-state index in [-0.39, 0.29) is 17.7 Å². The van der Waals surface area contributed by atoms with E-state index < -0.39 is 17.6 Å². The van der Waals surface area contributed by atoms with Crippen molar-refractivity contribution in [2.45, 2.75) is 6.42 Å². The van der Waals surface area contributed by atoms with Gasteiger partial charge >= 0.3 is 5.97 Å². The van der Waals surface area contributed by atoms with Crippen molar-refractivity contribution >= 4 is 5.97 Å². The number of carboxylic acid groups (broad SMARTS) is 1. The van der Waals surface area contributed by atoms with Crippen LogP contribution in [-0.4, -0.2) is 21.3 Å². The van der Waals surface area contributed by atoms with Crippen molar-refractivity contribution < 1.29 is 18.7 Å². The van der Waals surface area contributed by atoms with Crippen LogP contribution in [-0.2, 0) is 11.2 Å². The predicted octanol–water partition coefficient (Wildman–Crippen LogP) is 1.98. The zero-order valence-corrected chi connectivity index (χ0v) is 8.58. The molecule has 0 amide bonds. The average Bonchev–Trinajstić information content (AvgIpc) is 2.69. The molecule has 0 unspecified atom stereocenters. The lowest BCUT2D eigenvalue weighted by molar-refractivity contribution is -0.136. The van der Waals surface area contributed by atoms with Crippen molar-refractivity contribution in [1.29, 1.82) is 0 Å². The van der Waals surface area contributed by atoms with Gasteiger partial charge in [-0.25, -0.2) is 8.78 Å². The predicted molar refractivity (Wildman–Crippen MR) is 55.3 cm³/mol. The molecule has 4 nitrogen and oxygen atoms in total. The SMILES string of the molecule is O=C(O)Cc1cc(-c2cc(F)ccc2F)n[nH]1. The normalized spacial score (nSPS) is 10.5. The van der Waals surface area contributed by atoms with Crippen molar-refractivity contribution in [3.8, 4) is 11.3 Å². The third kappa shape index (κ3) is 2.47. The van der Waals surface area contributed by atoms with Gasteiger partial charge in [-0.2, -0.15) is 5.10 Å². The number of halogens is 2. The van der Waals surface area contributed by atoms with Gasteiger partial charge in [0.25, 0.3) is 0 Å². The third-order valence-corrected chi connectivity index (χ3v) is 2.18. The quantitative estimate of drug-likeness (QED) is 0.859. The van der Waals surface area contributed by atoms with E-state index in [0.29, 0.717) is 5.69 Å². The Bertz CT molecular complexity index is 566. The summed E-state index contributed by atoms with van der Waals surface area (Å²) in [5, 5.41) is 14.8. The third-order valence-electron chi connectivity index (χ3n) is 2.18. The first-order valence-electron chi connectivity index (χ1n) is 4.78. The summed E-state index contributed by atoms with van der Waals surface area (Å²) in [5.74, 6) is -2.22. The fourth-order valence-electron chi connectivity index (χ4n) is 1.45. The Labute approximate surface area is 94.9 Å². The molecule has 0 fully saturated rings. The number of aromatic nitrogens is 2. The second-order valence-electron chi connectivity index (χ2n) is 3.47. The number of aromatic amines is 1. The number of H-pyrrole nitrogens is 1. The molecule has 88 valence electrons. The molecular formula is C11H8F2N2O2. The molecule has 2 N–H and O–H groups in total. The molecule has 0 atom stereocenters. The fourth-order valence-corrected chi connectivity index (χ4v) is 1.45. The van der Waals surface area contributed by atoms with E-state index in [1.165, 1.54) is 6.07 Å². The summed E-state index contributed by atoms with van der Waals surface area (Å²) in [6, 6.07) is 4.39. The van der Waals surface area contributed by atoms with Crippen LogP contribution in [0.4, 0.5) is 8.78 Å². The Morgan fingerprint density at radius 2 is 2.12 bits per heavy atom. The highest BCUT2D eigenvalue weighted by molar-refractivity contribution is 5.70.